The SMILES string of the molecule is CCN(CC1CCCCN1)c1ccc([N+](=O)[O-])cc1Cl. The Labute approximate surface area is 124 Å². The minimum atomic E-state index is -0.422. The zero-order valence-electron chi connectivity index (χ0n) is 11.6. The quantitative estimate of drug-likeness (QED) is 0.670. The number of piperidine rings is 1. The summed E-state index contributed by atoms with van der Waals surface area (Å²) in [4.78, 5) is 12.5. The summed E-state index contributed by atoms with van der Waals surface area (Å²) in [5.41, 5.74) is 0.901. The van der Waals surface area contributed by atoms with Gasteiger partial charge in [-0.25, -0.2) is 0 Å². The molecule has 1 aromatic rings. The lowest BCUT2D eigenvalue weighted by molar-refractivity contribution is -0.384. The normalized spacial score (nSPS) is 18.8. The molecule has 1 heterocycles. The molecule has 1 aliphatic heterocycles. The number of non-ortho nitro benzene ring substituents is 1. The number of rotatable bonds is 5. The molecule has 1 atom stereocenters. The van der Waals surface area contributed by atoms with Crippen LogP contribution in [-0.4, -0.2) is 30.6 Å². The van der Waals surface area contributed by atoms with Gasteiger partial charge in [0.15, 0.2) is 0 Å². The van der Waals surface area contributed by atoms with Gasteiger partial charge < -0.3 is 10.2 Å². The van der Waals surface area contributed by atoms with Gasteiger partial charge in [-0.3, -0.25) is 10.1 Å². The maximum Gasteiger partial charge on any atom is 0.271 e. The summed E-state index contributed by atoms with van der Waals surface area (Å²) in [6.45, 7) is 4.85. The van der Waals surface area contributed by atoms with Crippen LogP contribution in [0.4, 0.5) is 11.4 Å². The molecule has 1 aromatic carbocycles. The van der Waals surface area contributed by atoms with Crippen LogP contribution in [0.25, 0.3) is 0 Å². The van der Waals surface area contributed by atoms with Gasteiger partial charge in [-0.05, 0) is 32.4 Å². The van der Waals surface area contributed by atoms with Gasteiger partial charge in [0.05, 0.1) is 15.6 Å². The Balaban J connectivity index is 2.12. The van der Waals surface area contributed by atoms with E-state index < -0.39 is 4.92 Å². The summed E-state index contributed by atoms with van der Waals surface area (Å²) in [6.07, 6.45) is 3.66. The minimum absolute atomic E-state index is 0.0330. The molecule has 110 valence electrons. The summed E-state index contributed by atoms with van der Waals surface area (Å²) in [5, 5.41) is 14.7. The van der Waals surface area contributed by atoms with E-state index >= 15 is 0 Å². The molecule has 5 nitrogen and oxygen atoms in total. The fraction of sp³-hybridized carbons (Fsp3) is 0.571. The number of hydrogen-bond acceptors (Lipinski definition) is 4. The van der Waals surface area contributed by atoms with Crippen molar-refractivity contribution in [3.8, 4) is 0 Å². The third-order valence-corrected chi connectivity index (χ3v) is 4.02. The molecule has 0 aromatic heterocycles. The van der Waals surface area contributed by atoms with E-state index in [0.717, 1.165) is 25.3 Å². The summed E-state index contributed by atoms with van der Waals surface area (Å²) in [5.74, 6) is 0. The third kappa shape index (κ3) is 3.61. The Kier molecular flexibility index (Phi) is 5.20. The lowest BCUT2D eigenvalue weighted by atomic mass is 10.0. The molecule has 0 radical (unpaired) electrons. The Morgan fingerprint density at radius 3 is 2.85 bits per heavy atom. The molecular weight excluding hydrogens is 278 g/mol. The van der Waals surface area contributed by atoms with Crippen LogP contribution in [0.15, 0.2) is 18.2 Å². The second-order valence-electron chi connectivity index (χ2n) is 5.08. The molecule has 0 spiro atoms. The molecule has 1 unspecified atom stereocenters. The molecule has 6 heteroatoms. The van der Waals surface area contributed by atoms with Crippen molar-refractivity contribution in [3.05, 3.63) is 33.3 Å². The molecule has 0 bridgehead atoms. The van der Waals surface area contributed by atoms with Crippen molar-refractivity contribution in [2.24, 2.45) is 0 Å². The van der Waals surface area contributed by atoms with Gasteiger partial charge in [0.1, 0.15) is 0 Å². The number of nitrogens with one attached hydrogen (secondary N) is 1. The monoisotopic (exact) mass is 297 g/mol. The first kappa shape index (κ1) is 15.1. The zero-order chi connectivity index (χ0) is 14.5. The molecule has 1 saturated heterocycles. The van der Waals surface area contributed by atoms with E-state index in [-0.39, 0.29) is 5.69 Å². The molecule has 2 rings (SSSR count). The van der Waals surface area contributed by atoms with E-state index in [0.29, 0.717) is 11.1 Å². The highest BCUT2D eigenvalue weighted by atomic mass is 35.5. The van der Waals surface area contributed by atoms with Gasteiger partial charge in [-0.15, -0.1) is 0 Å². The highest BCUT2D eigenvalue weighted by Crippen LogP contribution is 2.30. The molecule has 1 fully saturated rings. The Morgan fingerprint density at radius 2 is 2.30 bits per heavy atom. The van der Waals surface area contributed by atoms with Crippen LogP contribution in [0.5, 0.6) is 0 Å². The largest absolute Gasteiger partial charge is 0.369 e. The van der Waals surface area contributed by atoms with Crippen molar-refractivity contribution >= 4 is 23.0 Å². The third-order valence-electron chi connectivity index (χ3n) is 3.72. The number of benzene rings is 1. The summed E-state index contributed by atoms with van der Waals surface area (Å²) in [7, 11) is 0. The first-order valence-electron chi connectivity index (χ1n) is 7.04. The van der Waals surface area contributed by atoms with E-state index in [9.17, 15) is 10.1 Å². The van der Waals surface area contributed by atoms with Crippen molar-refractivity contribution in [1.82, 2.24) is 5.32 Å². The number of nitro benzene ring substituents is 1. The summed E-state index contributed by atoms with van der Waals surface area (Å²) >= 11 is 6.20. The fourth-order valence-electron chi connectivity index (χ4n) is 2.61. The highest BCUT2D eigenvalue weighted by molar-refractivity contribution is 6.33. The second kappa shape index (κ2) is 6.90. The smallest absolute Gasteiger partial charge is 0.271 e. The Bertz CT molecular complexity index is 475. The molecule has 20 heavy (non-hydrogen) atoms. The topological polar surface area (TPSA) is 58.4 Å². The molecule has 1 N–H and O–H groups in total. The number of nitrogens with zero attached hydrogens (tertiary/aromatic N) is 2. The first-order valence-corrected chi connectivity index (χ1v) is 7.42. The lowest BCUT2D eigenvalue weighted by Crippen LogP contribution is -2.43. The summed E-state index contributed by atoms with van der Waals surface area (Å²) in [6, 6.07) is 5.15. The first-order chi connectivity index (χ1) is 9.61. The van der Waals surface area contributed by atoms with E-state index in [1.807, 2.05) is 0 Å². The van der Waals surface area contributed by atoms with Gasteiger partial charge in [0.2, 0.25) is 0 Å². The maximum absolute atomic E-state index is 10.7. The Morgan fingerprint density at radius 1 is 1.50 bits per heavy atom. The van der Waals surface area contributed by atoms with Crippen LogP contribution in [0.2, 0.25) is 5.02 Å². The van der Waals surface area contributed by atoms with Gasteiger partial charge in [0.25, 0.3) is 5.69 Å². The molecule has 0 saturated carbocycles. The minimum Gasteiger partial charge on any atom is -0.369 e. The van der Waals surface area contributed by atoms with Gasteiger partial charge in [-0.1, -0.05) is 18.0 Å². The fourth-order valence-corrected chi connectivity index (χ4v) is 2.90. The predicted molar refractivity (Wildman–Crippen MR) is 81.6 cm³/mol. The zero-order valence-corrected chi connectivity index (χ0v) is 12.4. The van der Waals surface area contributed by atoms with Crippen LogP contribution in [-0.2, 0) is 0 Å². The van der Waals surface area contributed by atoms with Crippen LogP contribution >= 0.6 is 11.6 Å². The van der Waals surface area contributed by atoms with Gasteiger partial charge >= 0.3 is 0 Å². The molecule has 0 aliphatic carbocycles. The molecule has 0 amide bonds. The van der Waals surface area contributed by atoms with E-state index in [1.165, 1.54) is 31.4 Å². The second-order valence-corrected chi connectivity index (χ2v) is 5.49. The van der Waals surface area contributed by atoms with Gasteiger partial charge in [0, 0.05) is 31.3 Å². The average molecular weight is 298 g/mol. The molecular formula is C14H20ClN3O2. The van der Waals surface area contributed by atoms with Crippen LogP contribution in [0.3, 0.4) is 0 Å². The number of hydrogen-bond donors (Lipinski definition) is 1. The number of likely N-dealkylation sites (N-methyl/N-ethyl adjacent to an activating group) is 1. The van der Waals surface area contributed by atoms with Crippen molar-refractivity contribution in [2.45, 2.75) is 32.2 Å². The van der Waals surface area contributed by atoms with E-state index in [1.54, 1.807) is 6.07 Å². The Hall–Kier alpha value is -1.33. The average Bonchev–Trinajstić information content (AvgIpc) is 2.46. The summed E-state index contributed by atoms with van der Waals surface area (Å²) < 4.78 is 0. The van der Waals surface area contributed by atoms with Crippen molar-refractivity contribution in [3.63, 3.8) is 0 Å². The standard InChI is InChI=1S/C14H20ClN3O2/c1-2-17(10-11-5-3-4-8-16-11)14-7-6-12(18(19)20)9-13(14)15/h6-7,9,11,16H,2-5,8,10H2,1H3. The van der Waals surface area contributed by atoms with Gasteiger partial charge in [-0.2, -0.15) is 0 Å². The predicted octanol–water partition coefficient (Wildman–Crippen LogP) is 3.22. The van der Waals surface area contributed by atoms with Crippen LogP contribution < -0.4 is 10.2 Å². The lowest BCUT2D eigenvalue weighted by Gasteiger charge is -2.31. The van der Waals surface area contributed by atoms with E-state index in [4.69, 9.17) is 11.6 Å². The highest BCUT2D eigenvalue weighted by Gasteiger charge is 2.19. The number of halogens is 1. The molecule has 1 aliphatic rings. The van der Waals surface area contributed by atoms with E-state index in [2.05, 4.69) is 17.1 Å². The van der Waals surface area contributed by atoms with Crippen molar-refractivity contribution in [2.75, 3.05) is 24.5 Å². The van der Waals surface area contributed by atoms with Crippen molar-refractivity contribution in [1.29, 1.82) is 0 Å². The van der Waals surface area contributed by atoms with Crippen LogP contribution in [0, 0.1) is 10.1 Å². The number of anilines is 1. The maximum atomic E-state index is 10.7. The van der Waals surface area contributed by atoms with Crippen molar-refractivity contribution < 1.29 is 4.92 Å². The number of nitro groups is 1. The van der Waals surface area contributed by atoms with Crippen LogP contribution in [0.1, 0.15) is 26.2 Å².